The van der Waals surface area contributed by atoms with Crippen LogP contribution in [0.25, 0.3) is 0 Å². The van der Waals surface area contributed by atoms with Crippen molar-refractivity contribution in [1.82, 2.24) is 0 Å². The lowest BCUT2D eigenvalue weighted by atomic mass is 9.69. The van der Waals surface area contributed by atoms with Gasteiger partial charge in [0, 0.05) is 12.8 Å². The summed E-state index contributed by atoms with van der Waals surface area (Å²) in [6, 6.07) is 10.2. The Morgan fingerprint density at radius 2 is 1.61 bits per heavy atom. The molecule has 0 atom stereocenters. The molecule has 0 radical (unpaired) electrons. The summed E-state index contributed by atoms with van der Waals surface area (Å²) in [5.74, 6) is -2.47. The van der Waals surface area contributed by atoms with Crippen LogP contribution in [-0.4, -0.2) is 12.5 Å². The molecule has 0 aliphatic heterocycles. The zero-order valence-electron chi connectivity index (χ0n) is 10.7. The molecule has 18 heavy (non-hydrogen) atoms. The van der Waals surface area contributed by atoms with E-state index >= 15 is 0 Å². The van der Waals surface area contributed by atoms with Crippen LogP contribution < -0.4 is 5.73 Å². The second-order valence-corrected chi connectivity index (χ2v) is 5.55. The van der Waals surface area contributed by atoms with Crippen LogP contribution in [0.1, 0.15) is 37.7 Å². The Morgan fingerprint density at radius 3 is 2.17 bits per heavy atom. The van der Waals surface area contributed by atoms with E-state index in [9.17, 15) is 8.78 Å². The van der Waals surface area contributed by atoms with Gasteiger partial charge in [0.2, 0.25) is 5.92 Å². The van der Waals surface area contributed by atoms with Gasteiger partial charge in [-0.3, -0.25) is 0 Å². The van der Waals surface area contributed by atoms with Crippen molar-refractivity contribution in [2.45, 2.75) is 44.4 Å². The van der Waals surface area contributed by atoms with Crippen molar-refractivity contribution in [3.8, 4) is 0 Å². The predicted octanol–water partition coefficient (Wildman–Crippen LogP) is 3.77. The van der Waals surface area contributed by atoms with Crippen molar-refractivity contribution in [2.24, 2.45) is 11.1 Å². The van der Waals surface area contributed by atoms with Gasteiger partial charge in [-0.25, -0.2) is 8.78 Å². The fourth-order valence-electron chi connectivity index (χ4n) is 2.76. The number of hydrogen-bond donors (Lipinski definition) is 1. The lowest BCUT2D eigenvalue weighted by Gasteiger charge is -2.39. The molecule has 1 aliphatic rings. The van der Waals surface area contributed by atoms with Crippen molar-refractivity contribution in [2.75, 3.05) is 6.54 Å². The highest BCUT2D eigenvalue weighted by atomic mass is 19.3. The molecule has 0 saturated heterocycles. The second kappa shape index (κ2) is 5.35. The average Bonchev–Trinajstić information content (AvgIpc) is 2.40. The zero-order valence-corrected chi connectivity index (χ0v) is 10.7. The topological polar surface area (TPSA) is 26.0 Å². The van der Waals surface area contributed by atoms with E-state index in [0.29, 0.717) is 19.4 Å². The molecule has 1 aromatic carbocycles. The molecule has 3 heteroatoms. The molecule has 0 spiro atoms. The van der Waals surface area contributed by atoms with Crippen molar-refractivity contribution in [3.63, 3.8) is 0 Å². The molecular weight excluding hydrogens is 232 g/mol. The number of benzene rings is 1. The summed E-state index contributed by atoms with van der Waals surface area (Å²) < 4.78 is 26.4. The van der Waals surface area contributed by atoms with E-state index < -0.39 is 5.92 Å². The van der Waals surface area contributed by atoms with Gasteiger partial charge >= 0.3 is 0 Å². The smallest absolute Gasteiger partial charge is 0.248 e. The fourth-order valence-corrected chi connectivity index (χ4v) is 2.76. The lowest BCUT2D eigenvalue weighted by molar-refractivity contribution is -0.0668. The van der Waals surface area contributed by atoms with Gasteiger partial charge in [0.25, 0.3) is 0 Å². The molecule has 0 bridgehead atoms. The molecule has 2 rings (SSSR count). The van der Waals surface area contributed by atoms with E-state index in [1.807, 2.05) is 18.2 Å². The summed E-state index contributed by atoms with van der Waals surface area (Å²) in [4.78, 5) is 0. The highest BCUT2D eigenvalue weighted by Crippen LogP contribution is 2.45. The van der Waals surface area contributed by atoms with Gasteiger partial charge in [0.1, 0.15) is 0 Å². The molecule has 2 N–H and O–H groups in total. The van der Waals surface area contributed by atoms with Crippen LogP contribution in [0.2, 0.25) is 0 Å². The summed E-state index contributed by atoms with van der Waals surface area (Å²) in [5.41, 5.74) is 7.04. The normalized spacial score (nSPS) is 21.7. The van der Waals surface area contributed by atoms with E-state index in [-0.39, 0.29) is 18.3 Å². The average molecular weight is 253 g/mol. The van der Waals surface area contributed by atoms with Crippen LogP contribution >= 0.6 is 0 Å². The predicted molar refractivity (Wildman–Crippen MR) is 69.7 cm³/mol. The summed E-state index contributed by atoms with van der Waals surface area (Å²) in [7, 11) is 0. The van der Waals surface area contributed by atoms with Crippen LogP contribution in [0.15, 0.2) is 30.3 Å². The summed E-state index contributed by atoms with van der Waals surface area (Å²) >= 11 is 0. The first-order valence-electron chi connectivity index (χ1n) is 6.67. The minimum absolute atomic E-state index is 0.00100. The van der Waals surface area contributed by atoms with Crippen LogP contribution in [0, 0.1) is 5.41 Å². The minimum atomic E-state index is -2.47. The van der Waals surface area contributed by atoms with Crippen molar-refractivity contribution < 1.29 is 8.78 Å². The van der Waals surface area contributed by atoms with E-state index in [1.165, 1.54) is 5.56 Å². The third kappa shape index (κ3) is 3.29. The molecule has 1 saturated carbocycles. The summed E-state index contributed by atoms with van der Waals surface area (Å²) in [6.45, 7) is 0.524. The standard InChI is InChI=1S/C15H21F2N/c16-15(17)10-8-14(12-18,9-11-15)7-6-13-4-2-1-3-5-13/h1-5H,6-12,18H2. The quantitative estimate of drug-likeness (QED) is 0.868. The molecule has 0 heterocycles. The van der Waals surface area contributed by atoms with E-state index in [1.54, 1.807) is 0 Å². The minimum Gasteiger partial charge on any atom is -0.330 e. The largest absolute Gasteiger partial charge is 0.330 e. The highest BCUT2D eigenvalue weighted by Gasteiger charge is 2.42. The number of nitrogens with two attached hydrogens (primary N) is 1. The first kappa shape index (κ1) is 13.5. The Balaban J connectivity index is 1.94. The lowest BCUT2D eigenvalue weighted by Crippen LogP contribution is -2.39. The molecular formula is C15H21F2N. The Bertz CT molecular complexity index is 365. The zero-order chi connectivity index (χ0) is 13.1. The Hall–Kier alpha value is -0.960. The fraction of sp³-hybridized carbons (Fsp3) is 0.600. The number of aryl methyl sites for hydroxylation is 1. The second-order valence-electron chi connectivity index (χ2n) is 5.55. The number of hydrogen-bond acceptors (Lipinski definition) is 1. The Morgan fingerprint density at radius 1 is 1.00 bits per heavy atom. The Kier molecular flexibility index (Phi) is 4.00. The molecule has 1 nitrogen and oxygen atoms in total. The van der Waals surface area contributed by atoms with Gasteiger partial charge in [-0.05, 0) is 43.2 Å². The molecule has 100 valence electrons. The van der Waals surface area contributed by atoms with E-state index in [2.05, 4.69) is 12.1 Å². The first-order valence-corrected chi connectivity index (χ1v) is 6.67. The van der Waals surface area contributed by atoms with Gasteiger partial charge in [0.15, 0.2) is 0 Å². The first-order chi connectivity index (χ1) is 8.55. The summed E-state index contributed by atoms with van der Waals surface area (Å²) in [5, 5.41) is 0. The number of halogens is 2. The maximum absolute atomic E-state index is 13.2. The van der Waals surface area contributed by atoms with Crippen molar-refractivity contribution >= 4 is 0 Å². The maximum atomic E-state index is 13.2. The van der Waals surface area contributed by atoms with Gasteiger partial charge in [-0.1, -0.05) is 30.3 Å². The monoisotopic (exact) mass is 253 g/mol. The summed E-state index contributed by atoms with van der Waals surface area (Å²) in [6.07, 6.45) is 2.97. The molecule has 1 aliphatic carbocycles. The molecule has 0 amide bonds. The third-order valence-corrected chi connectivity index (χ3v) is 4.26. The van der Waals surface area contributed by atoms with Gasteiger partial charge in [-0.15, -0.1) is 0 Å². The van der Waals surface area contributed by atoms with Crippen LogP contribution in [0.5, 0.6) is 0 Å². The van der Waals surface area contributed by atoms with Gasteiger partial charge in [-0.2, -0.15) is 0 Å². The van der Waals surface area contributed by atoms with Crippen LogP contribution in [-0.2, 0) is 6.42 Å². The molecule has 0 unspecified atom stereocenters. The van der Waals surface area contributed by atoms with Crippen LogP contribution in [0.4, 0.5) is 8.78 Å². The number of alkyl halides is 2. The van der Waals surface area contributed by atoms with E-state index in [4.69, 9.17) is 5.73 Å². The SMILES string of the molecule is NCC1(CCc2ccccc2)CCC(F)(F)CC1. The van der Waals surface area contributed by atoms with Crippen LogP contribution in [0.3, 0.4) is 0 Å². The molecule has 0 aromatic heterocycles. The van der Waals surface area contributed by atoms with Crippen molar-refractivity contribution in [3.05, 3.63) is 35.9 Å². The Labute approximate surface area is 107 Å². The molecule has 1 aromatic rings. The van der Waals surface area contributed by atoms with Gasteiger partial charge in [0.05, 0.1) is 0 Å². The van der Waals surface area contributed by atoms with Gasteiger partial charge < -0.3 is 5.73 Å². The molecule has 1 fully saturated rings. The highest BCUT2D eigenvalue weighted by molar-refractivity contribution is 5.15. The number of rotatable bonds is 4. The third-order valence-electron chi connectivity index (χ3n) is 4.26. The van der Waals surface area contributed by atoms with Crippen molar-refractivity contribution in [1.29, 1.82) is 0 Å². The maximum Gasteiger partial charge on any atom is 0.248 e. The van der Waals surface area contributed by atoms with E-state index in [0.717, 1.165) is 12.8 Å².